The van der Waals surface area contributed by atoms with E-state index in [-0.39, 0.29) is 6.03 Å². The normalized spacial score (nSPS) is 13.6. The predicted octanol–water partition coefficient (Wildman–Crippen LogP) is 2.20. The Labute approximate surface area is 144 Å². The number of hydrogen-bond acceptors (Lipinski definition) is 4. The highest BCUT2D eigenvalue weighted by Gasteiger charge is 2.25. The molecule has 1 aromatic carbocycles. The molecule has 0 bridgehead atoms. The zero-order chi connectivity index (χ0) is 17.2. The summed E-state index contributed by atoms with van der Waals surface area (Å²) in [5.74, 6) is 1.07. The average molecular weight is 337 g/mol. The molecule has 1 aliphatic rings. The molecule has 1 aliphatic carbocycles. The van der Waals surface area contributed by atoms with Crippen LogP contribution in [0.2, 0.25) is 0 Å². The highest BCUT2D eigenvalue weighted by Crippen LogP contribution is 2.39. The minimum atomic E-state index is -0.314. The largest absolute Gasteiger partial charge is 0.334 e. The second kappa shape index (κ2) is 6.39. The van der Waals surface area contributed by atoms with Crippen LogP contribution in [0.3, 0.4) is 0 Å². The standard InChI is InChI=1S/C17H19N7O/c1-23-11-16(20-22-23)19-17(25)18-10-12-2-6-14(7-3-12)24-9-8-15(21-24)13-4-5-13/h2-3,6-9,11,13H,4-5,10H2,1H3,(H2,18,19,25). The van der Waals surface area contributed by atoms with Crippen LogP contribution in [0.1, 0.15) is 30.0 Å². The van der Waals surface area contributed by atoms with Gasteiger partial charge in [0.25, 0.3) is 0 Å². The van der Waals surface area contributed by atoms with Crippen molar-refractivity contribution < 1.29 is 4.79 Å². The van der Waals surface area contributed by atoms with E-state index in [1.165, 1.54) is 23.2 Å². The number of carbonyl (C=O) groups excluding carboxylic acids is 1. The van der Waals surface area contributed by atoms with E-state index in [0.29, 0.717) is 18.3 Å². The van der Waals surface area contributed by atoms with Crippen molar-refractivity contribution in [1.82, 2.24) is 30.1 Å². The molecule has 1 saturated carbocycles. The molecule has 2 amide bonds. The third-order valence-electron chi connectivity index (χ3n) is 4.10. The van der Waals surface area contributed by atoms with Gasteiger partial charge in [0.05, 0.1) is 17.6 Å². The van der Waals surface area contributed by atoms with Crippen LogP contribution in [-0.2, 0) is 13.6 Å². The maximum Gasteiger partial charge on any atom is 0.320 e. The zero-order valence-corrected chi connectivity index (χ0v) is 13.9. The molecule has 25 heavy (non-hydrogen) atoms. The monoisotopic (exact) mass is 337 g/mol. The van der Waals surface area contributed by atoms with Crippen LogP contribution in [0.15, 0.2) is 42.7 Å². The van der Waals surface area contributed by atoms with Gasteiger partial charge in [-0.2, -0.15) is 5.10 Å². The first kappa shape index (κ1) is 15.4. The number of amides is 2. The van der Waals surface area contributed by atoms with Crippen LogP contribution >= 0.6 is 0 Å². The van der Waals surface area contributed by atoms with Crippen LogP contribution in [-0.4, -0.2) is 30.8 Å². The number of rotatable bonds is 5. The highest BCUT2D eigenvalue weighted by atomic mass is 16.2. The fourth-order valence-corrected chi connectivity index (χ4v) is 2.59. The van der Waals surface area contributed by atoms with Gasteiger partial charge in [-0.15, -0.1) is 5.10 Å². The smallest absolute Gasteiger partial charge is 0.320 e. The molecular weight excluding hydrogens is 318 g/mol. The molecule has 2 heterocycles. The summed E-state index contributed by atoms with van der Waals surface area (Å²) in [5, 5.41) is 17.6. The number of aryl methyl sites for hydroxylation is 1. The Bertz CT molecular complexity index is 877. The molecule has 0 spiro atoms. The zero-order valence-electron chi connectivity index (χ0n) is 13.9. The number of nitrogens with one attached hydrogen (secondary N) is 2. The van der Waals surface area contributed by atoms with Crippen molar-refractivity contribution >= 4 is 11.8 Å². The molecule has 8 nitrogen and oxygen atoms in total. The third kappa shape index (κ3) is 3.68. The van der Waals surface area contributed by atoms with Gasteiger partial charge in [0, 0.05) is 25.7 Å². The van der Waals surface area contributed by atoms with E-state index in [9.17, 15) is 4.79 Å². The average Bonchev–Trinajstić information content (AvgIpc) is 3.21. The van der Waals surface area contributed by atoms with E-state index < -0.39 is 0 Å². The van der Waals surface area contributed by atoms with Gasteiger partial charge >= 0.3 is 6.03 Å². The lowest BCUT2D eigenvalue weighted by Crippen LogP contribution is -2.28. The first-order valence-corrected chi connectivity index (χ1v) is 8.23. The summed E-state index contributed by atoms with van der Waals surface area (Å²) < 4.78 is 3.42. The van der Waals surface area contributed by atoms with E-state index in [1.54, 1.807) is 13.2 Å². The van der Waals surface area contributed by atoms with Gasteiger partial charge in [-0.25, -0.2) is 9.48 Å². The summed E-state index contributed by atoms with van der Waals surface area (Å²) in [5.41, 5.74) is 3.19. The lowest BCUT2D eigenvalue weighted by atomic mass is 10.2. The summed E-state index contributed by atoms with van der Waals surface area (Å²) in [6, 6.07) is 9.74. The van der Waals surface area contributed by atoms with Crippen LogP contribution in [0, 0.1) is 0 Å². The molecular formula is C17H19N7O. The fraction of sp³-hybridized carbons (Fsp3) is 0.294. The molecule has 0 unspecified atom stereocenters. The van der Waals surface area contributed by atoms with Crippen molar-refractivity contribution in [2.75, 3.05) is 5.32 Å². The quantitative estimate of drug-likeness (QED) is 0.747. The second-order valence-electron chi connectivity index (χ2n) is 6.21. The molecule has 4 rings (SSSR count). The van der Waals surface area contributed by atoms with Gasteiger partial charge in [-0.3, -0.25) is 10.00 Å². The highest BCUT2D eigenvalue weighted by molar-refractivity contribution is 5.87. The summed E-state index contributed by atoms with van der Waals surface area (Å²) in [6.07, 6.45) is 6.13. The number of aromatic nitrogens is 5. The molecule has 0 atom stereocenters. The van der Waals surface area contributed by atoms with Crippen molar-refractivity contribution in [2.45, 2.75) is 25.3 Å². The minimum absolute atomic E-state index is 0.314. The number of anilines is 1. The van der Waals surface area contributed by atoms with Crippen molar-refractivity contribution in [3.8, 4) is 5.69 Å². The van der Waals surface area contributed by atoms with Gasteiger partial charge < -0.3 is 5.32 Å². The van der Waals surface area contributed by atoms with E-state index in [0.717, 1.165) is 11.3 Å². The number of carbonyl (C=O) groups is 1. The molecule has 2 N–H and O–H groups in total. The predicted molar refractivity (Wildman–Crippen MR) is 92.4 cm³/mol. The Kier molecular flexibility index (Phi) is 3.93. The first-order valence-electron chi connectivity index (χ1n) is 8.23. The van der Waals surface area contributed by atoms with Crippen molar-refractivity contribution in [1.29, 1.82) is 0 Å². The Morgan fingerprint density at radius 3 is 2.72 bits per heavy atom. The molecule has 8 heteroatoms. The van der Waals surface area contributed by atoms with Gasteiger partial charge in [0.2, 0.25) is 0 Å². The second-order valence-corrected chi connectivity index (χ2v) is 6.21. The molecule has 0 aliphatic heterocycles. The number of benzene rings is 1. The SMILES string of the molecule is Cn1cc(NC(=O)NCc2ccc(-n3ccc(C4CC4)n3)cc2)nn1. The van der Waals surface area contributed by atoms with Crippen molar-refractivity contribution in [2.24, 2.45) is 7.05 Å². The molecule has 0 radical (unpaired) electrons. The summed E-state index contributed by atoms with van der Waals surface area (Å²) in [7, 11) is 1.74. The summed E-state index contributed by atoms with van der Waals surface area (Å²) >= 11 is 0. The molecule has 1 fully saturated rings. The van der Waals surface area contributed by atoms with Crippen LogP contribution < -0.4 is 10.6 Å². The lowest BCUT2D eigenvalue weighted by Gasteiger charge is -2.07. The minimum Gasteiger partial charge on any atom is -0.334 e. The topological polar surface area (TPSA) is 89.7 Å². The Morgan fingerprint density at radius 1 is 1.24 bits per heavy atom. The molecule has 3 aromatic rings. The van der Waals surface area contributed by atoms with Gasteiger partial charge in [0.1, 0.15) is 0 Å². The maximum atomic E-state index is 11.8. The number of hydrogen-bond donors (Lipinski definition) is 2. The molecule has 2 aromatic heterocycles. The molecule has 0 saturated heterocycles. The number of nitrogens with zero attached hydrogens (tertiary/aromatic N) is 5. The third-order valence-corrected chi connectivity index (χ3v) is 4.10. The van der Waals surface area contributed by atoms with Crippen molar-refractivity contribution in [3.63, 3.8) is 0 Å². The lowest BCUT2D eigenvalue weighted by molar-refractivity contribution is 0.251. The van der Waals surface area contributed by atoms with Crippen LogP contribution in [0.25, 0.3) is 5.69 Å². The van der Waals surface area contributed by atoms with E-state index >= 15 is 0 Å². The number of urea groups is 1. The van der Waals surface area contributed by atoms with E-state index in [4.69, 9.17) is 0 Å². The summed E-state index contributed by atoms with van der Waals surface area (Å²) in [6.45, 7) is 0.429. The van der Waals surface area contributed by atoms with E-state index in [2.05, 4.69) is 32.1 Å². The van der Waals surface area contributed by atoms with Gasteiger partial charge in [0.15, 0.2) is 5.82 Å². The van der Waals surface area contributed by atoms with E-state index in [1.807, 2.05) is 35.1 Å². The Hall–Kier alpha value is -3.16. The molecule has 128 valence electrons. The van der Waals surface area contributed by atoms with Gasteiger partial charge in [-0.05, 0) is 36.6 Å². The Balaban J connectivity index is 1.32. The first-order chi connectivity index (χ1) is 12.2. The fourth-order valence-electron chi connectivity index (χ4n) is 2.59. The van der Waals surface area contributed by atoms with Crippen LogP contribution in [0.5, 0.6) is 0 Å². The summed E-state index contributed by atoms with van der Waals surface area (Å²) in [4.78, 5) is 11.8. The Morgan fingerprint density at radius 2 is 2.04 bits per heavy atom. The van der Waals surface area contributed by atoms with Gasteiger partial charge in [-0.1, -0.05) is 17.3 Å². The van der Waals surface area contributed by atoms with Crippen LogP contribution in [0.4, 0.5) is 10.6 Å². The van der Waals surface area contributed by atoms with Crippen molar-refractivity contribution in [3.05, 3.63) is 54.0 Å². The maximum absolute atomic E-state index is 11.8.